The summed E-state index contributed by atoms with van der Waals surface area (Å²) in [6.45, 7) is 0.0212. The van der Waals surface area contributed by atoms with Crippen LogP contribution in [0.3, 0.4) is 0 Å². The van der Waals surface area contributed by atoms with Gasteiger partial charge in [-0.3, -0.25) is 0 Å². The second-order valence-electron chi connectivity index (χ2n) is 3.19. The molecule has 0 aromatic rings. The van der Waals surface area contributed by atoms with E-state index in [1.54, 1.807) is 0 Å². The molecule has 0 aliphatic carbocycles. The van der Waals surface area contributed by atoms with Crippen LogP contribution in [0.25, 0.3) is 0 Å². The molecule has 7 heteroatoms. The van der Waals surface area contributed by atoms with Crippen molar-refractivity contribution in [2.75, 3.05) is 6.79 Å². The molecule has 7 nitrogen and oxygen atoms in total. The molecule has 1 saturated heterocycles. The summed E-state index contributed by atoms with van der Waals surface area (Å²) >= 11 is 0. The molecular weight excluding hydrogens is 208 g/mol. The van der Waals surface area contributed by atoms with E-state index >= 15 is 0 Å². The molecule has 0 radical (unpaired) electrons. The molecule has 3 aliphatic rings. The van der Waals surface area contributed by atoms with Gasteiger partial charge in [-0.1, -0.05) is 0 Å². The second kappa shape index (κ2) is 2.94. The van der Waals surface area contributed by atoms with Gasteiger partial charge in [-0.05, 0) is 12.2 Å². The number of aliphatic hydroxyl groups excluding tert-OH is 2. The van der Waals surface area contributed by atoms with E-state index in [-0.39, 0.29) is 18.3 Å². The first-order valence-corrected chi connectivity index (χ1v) is 4.29. The summed E-state index contributed by atoms with van der Waals surface area (Å²) in [4.78, 5) is 9.25. The number of fused-ring (bicyclic) bond motifs is 1. The number of aliphatic hydroxyl groups is 2. The predicted molar refractivity (Wildman–Crippen MR) is 41.6 cm³/mol. The Bertz CT molecular complexity index is 349. The van der Waals surface area contributed by atoms with Crippen molar-refractivity contribution in [2.45, 2.75) is 18.4 Å². The molecule has 0 bridgehead atoms. The first kappa shape index (κ1) is 9.13. The third-order valence-electron chi connectivity index (χ3n) is 2.24. The van der Waals surface area contributed by atoms with Crippen molar-refractivity contribution in [1.29, 1.82) is 0 Å². The van der Waals surface area contributed by atoms with Crippen molar-refractivity contribution in [3.05, 3.63) is 23.7 Å². The highest BCUT2D eigenvalue weighted by atomic mass is 17.3. The second-order valence-corrected chi connectivity index (χ2v) is 3.19. The van der Waals surface area contributed by atoms with Gasteiger partial charge in [-0.25, -0.2) is 0 Å². The Morgan fingerprint density at radius 3 is 3.00 bits per heavy atom. The lowest BCUT2D eigenvalue weighted by Gasteiger charge is -2.28. The van der Waals surface area contributed by atoms with E-state index in [0.717, 1.165) is 0 Å². The average Bonchev–Trinajstić information content (AvgIpc) is 2.76. The van der Waals surface area contributed by atoms with Crippen LogP contribution in [-0.4, -0.2) is 35.4 Å². The molecule has 0 amide bonds. The summed E-state index contributed by atoms with van der Waals surface area (Å²) in [7, 11) is 0. The molecule has 82 valence electrons. The quantitative estimate of drug-likeness (QED) is 0.422. The molecule has 1 spiro atoms. The Balaban J connectivity index is 1.96. The summed E-state index contributed by atoms with van der Waals surface area (Å²) in [5, 5.41) is 18.8. The highest BCUT2D eigenvalue weighted by Gasteiger charge is 2.54. The van der Waals surface area contributed by atoms with E-state index in [1.165, 1.54) is 12.2 Å². The van der Waals surface area contributed by atoms with Gasteiger partial charge in [0.1, 0.15) is 0 Å². The summed E-state index contributed by atoms with van der Waals surface area (Å²) in [6, 6.07) is 0. The maximum atomic E-state index is 9.77. The molecule has 3 rings (SSSR count). The van der Waals surface area contributed by atoms with Gasteiger partial charge in [0.05, 0.1) is 0 Å². The van der Waals surface area contributed by atoms with E-state index in [9.17, 15) is 5.11 Å². The normalized spacial score (nSPS) is 43.5. The number of hydrogen-bond donors (Lipinski definition) is 2. The zero-order valence-electron chi connectivity index (χ0n) is 7.45. The molecular formula is C8H8O7. The maximum absolute atomic E-state index is 9.77. The third-order valence-corrected chi connectivity index (χ3v) is 2.24. The summed E-state index contributed by atoms with van der Waals surface area (Å²) < 4.78 is 15.3. The predicted octanol–water partition coefficient (Wildman–Crippen LogP) is -0.351. The van der Waals surface area contributed by atoms with Crippen LogP contribution in [0, 0.1) is 0 Å². The van der Waals surface area contributed by atoms with E-state index in [1.807, 2.05) is 0 Å². The smallest absolute Gasteiger partial charge is 0.285 e. The van der Waals surface area contributed by atoms with E-state index in [4.69, 9.17) is 24.2 Å². The minimum Gasteiger partial charge on any atom is -0.504 e. The lowest BCUT2D eigenvalue weighted by molar-refractivity contribution is -0.455. The van der Waals surface area contributed by atoms with Crippen LogP contribution in [-0.2, 0) is 24.0 Å². The van der Waals surface area contributed by atoms with Crippen molar-refractivity contribution in [3.63, 3.8) is 0 Å². The monoisotopic (exact) mass is 216 g/mol. The Kier molecular flexibility index (Phi) is 1.79. The van der Waals surface area contributed by atoms with Crippen molar-refractivity contribution >= 4 is 0 Å². The zero-order chi connectivity index (χ0) is 10.5. The Labute approximate surface area is 84.0 Å². The first-order valence-electron chi connectivity index (χ1n) is 4.29. The van der Waals surface area contributed by atoms with Crippen LogP contribution in [0.15, 0.2) is 23.7 Å². The average molecular weight is 216 g/mol. The fourth-order valence-electron chi connectivity index (χ4n) is 1.52. The van der Waals surface area contributed by atoms with E-state index < -0.39 is 18.4 Å². The van der Waals surface area contributed by atoms with Gasteiger partial charge in [0.2, 0.25) is 18.3 Å². The molecule has 1 fully saturated rings. The fraction of sp³-hybridized carbons (Fsp3) is 0.500. The topological polar surface area (TPSA) is 86.6 Å². The summed E-state index contributed by atoms with van der Waals surface area (Å²) in [5.41, 5.74) is 0. The van der Waals surface area contributed by atoms with Gasteiger partial charge in [0.15, 0.2) is 12.6 Å². The SMILES string of the molecule is OC1=C2OCOC2OC12C=CC(O)OO2. The van der Waals surface area contributed by atoms with Gasteiger partial charge in [-0.2, -0.15) is 9.78 Å². The van der Waals surface area contributed by atoms with E-state index in [0.29, 0.717) is 0 Å². The lowest BCUT2D eigenvalue weighted by atomic mass is 10.2. The molecule has 15 heavy (non-hydrogen) atoms. The van der Waals surface area contributed by atoms with E-state index in [2.05, 4.69) is 4.89 Å². The summed E-state index contributed by atoms with van der Waals surface area (Å²) in [5.74, 6) is -1.67. The molecule has 0 saturated carbocycles. The van der Waals surface area contributed by atoms with Crippen LogP contribution < -0.4 is 0 Å². The number of ether oxygens (including phenoxy) is 3. The Hall–Kier alpha value is -1.12. The van der Waals surface area contributed by atoms with Crippen LogP contribution in [0.5, 0.6) is 0 Å². The number of hydrogen-bond acceptors (Lipinski definition) is 7. The Morgan fingerprint density at radius 2 is 2.33 bits per heavy atom. The Morgan fingerprint density at radius 1 is 1.47 bits per heavy atom. The van der Waals surface area contributed by atoms with Crippen molar-refractivity contribution < 1.29 is 34.2 Å². The van der Waals surface area contributed by atoms with Gasteiger partial charge < -0.3 is 24.4 Å². The first-order chi connectivity index (χ1) is 7.21. The van der Waals surface area contributed by atoms with Gasteiger partial charge in [-0.15, -0.1) is 0 Å². The third kappa shape index (κ3) is 1.18. The van der Waals surface area contributed by atoms with Crippen molar-refractivity contribution in [1.82, 2.24) is 0 Å². The highest BCUT2D eigenvalue weighted by molar-refractivity contribution is 5.26. The van der Waals surface area contributed by atoms with Crippen molar-refractivity contribution in [3.8, 4) is 0 Å². The van der Waals surface area contributed by atoms with Gasteiger partial charge in [0, 0.05) is 0 Å². The number of rotatable bonds is 0. The zero-order valence-corrected chi connectivity index (χ0v) is 7.45. The van der Waals surface area contributed by atoms with Crippen LogP contribution in [0.4, 0.5) is 0 Å². The minimum atomic E-state index is -1.57. The fourth-order valence-corrected chi connectivity index (χ4v) is 1.52. The van der Waals surface area contributed by atoms with Crippen LogP contribution in [0.1, 0.15) is 0 Å². The molecule has 3 heterocycles. The molecule has 3 atom stereocenters. The molecule has 3 unspecified atom stereocenters. The highest BCUT2D eigenvalue weighted by Crippen LogP contribution is 2.41. The maximum Gasteiger partial charge on any atom is 0.285 e. The minimum absolute atomic E-state index is 0.0212. The molecule has 3 aliphatic heterocycles. The van der Waals surface area contributed by atoms with Gasteiger partial charge in [0.25, 0.3) is 5.79 Å². The standard InChI is InChI=1S/C8H8O7/c9-4-1-2-8(15-14-4)6(10)5-7(13-8)12-3-11-5/h1-2,4,7,9-10H,3H2. The largest absolute Gasteiger partial charge is 0.504 e. The van der Waals surface area contributed by atoms with Gasteiger partial charge >= 0.3 is 0 Å². The molecule has 0 aromatic heterocycles. The molecule has 2 N–H and O–H groups in total. The van der Waals surface area contributed by atoms with Crippen LogP contribution in [0.2, 0.25) is 0 Å². The molecule has 0 aromatic carbocycles. The van der Waals surface area contributed by atoms with Crippen molar-refractivity contribution in [2.24, 2.45) is 0 Å². The van der Waals surface area contributed by atoms with Crippen LogP contribution >= 0.6 is 0 Å². The summed E-state index contributed by atoms with van der Waals surface area (Å²) in [6.07, 6.45) is 0.628. The lowest BCUT2D eigenvalue weighted by Crippen LogP contribution is -2.39.